The summed E-state index contributed by atoms with van der Waals surface area (Å²) in [5, 5.41) is 11.6. The number of hydrogen-bond acceptors (Lipinski definition) is 2. The van der Waals surface area contributed by atoms with Crippen LogP contribution in [0.3, 0.4) is 0 Å². The zero-order valence-corrected chi connectivity index (χ0v) is 12.6. The van der Waals surface area contributed by atoms with Gasteiger partial charge in [0, 0.05) is 11.0 Å². The molecule has 2 N–H and O–H groups in total. The van der Waals surface area contributed by atoms with Gasteiger partial charge >= 0.3 is 12.0 Å². The lowest BCUT2D eigenvalue weighted by Gasteiger charge is -2.20. The van der Waals surface area contributed by atoms with Gasteiger partial charge in [-0.3, -0.25) is 0 Å². The molecule has 6 heteroatoms. The Morgan fingerprint density at radius 3 is 2.75 bits per heavy atom. The molecule has 0 aliphatic rings. The number of carbonyl (C=O) groups is 2. The molecule has 106 valence electrons. The Morgan fingerprint density at radius 1 is 1.50 bits per heavy atom. The smallest absolute Gasteiger partial charge is 0.335 e. The summed E-state index contributed by atoms with van der Waals surface area (Å²) in [6, 6.07) is 4.07. The minimum absolute atomic E-state index is 0.0995. The first kappa shape index (κ1) is 16.1. The zero-order chi connectivity index (χ0) is 15.1. The van der Waals surface area contributed by atoms with Crippen molar-refractivity contribution in [1.82, 2.24) is 4.90 Å². The van der Waals surface area contributed by atoms with E-state index in [2.05, 4.69) is 27.2 Å². The van der Waals surface area contributed by atoms with E-state index in [1.807, 2.05) is 6.92 Å². The summed E-state index contributed by atoms with van der Waals surface area (Å²) in [7, 11) is 0. The molecular formula is C14H15BrN2O3. The van der Waals surface area contributed by atoms with Crippen LogP contribution in [-0.2, 0) is 0 Å². The predicted molar refractivity (Wildman–Crippen MR) is 80.8 cm³/mol. The molecule has 0 heterocycles. The van der Waals surface area contributed by atoms with Crippen molar-refractivity contribution in [1.29, 1.82) is 0 Å². The normalized spacial score (nSPS) is 9.65. The van der Waals surface area contributed by atoms with Crippen molar-refractivity contribution in [2.45, 2.75) is 13.3 Å². The molecule has 1 aromatic rings. The molecule has 0 unspecified atom stereocenters. The quantitative estimate of drug-likeness (QED) is 0.810. The second-order valence-electron chi connectivity index (χ2n) is 4.06. The van der Waals surface area contributed by atoms with Crippen molar-refractivity contribution in [3.05, 3.63) is 28.2 Å². The van der Waals surface area contributed by atoms with E-state index >= 15 is 0 Å². The maximum absolute atomic E-state index is 12.1. The highest BCUT2D eigenvalue weighted by Crippen LogP contribution is 2.24. The number of anilines is 1. The average Bonchev–Trinajstić information content (AvgIpc) is 2.40. The average molecular weight is 339 g/mol. The van der Waals surface area contributed by atoms with Crippen molar-refractivity contribution in [3.8, 4) is 12.3 Å². The molecular weight excluding hydrogens is 324 g/mol. The van der Waals surface area contributed by atoms with Gasteiger partial charge in [0.1, 0.15) is 0 Å². The molecule has 0 fully saturated rings. The fraction of sp³-hybridized carbons (Fsp3) is 0.286. The Morgan fingerprint density at radius 2 is 2.20 bits per heavy atom. The number of urea groups is 1. The number of carboxylic acids is 1. The number of carboxylic acid groups (broad SMARTS) is 1. The first-order chi connectivity index (χ1) is 9.49. The molecule has 0 aliphatic carbocycles. The predicted octanol–water partition coefficient (Wildman–Crippen LogP) is 3.02. The first-order valence-corrected chi connectivity index (χ1v) is 6.81. The number of nitrogens with zero attached hydrogens (tertiary/aromatic N) is 1. The minimum atomic E-state index is -1.05. The van der Waals surface area contributed by atoms with Crippen molar-refractivity contribution in [3.63, 3.8) is 0 Å². The summed E-state index contributed by atoms with van der Waals surface area (Å²) in [5.74, 6) is 1.37. The highest BCUT2D eigenvalue weighted by atomic mass is 79.9. The van der Waals surface area contributed by atoms with Gasteiger partial charge in [-0.15, -0.1) is 6.42 Å². The number of hydrogen-bond donors (Lipinski definition) is 2. The van der Waals surface area contributed by atoms with Crippen LogP contribution in [0.2, 0.25) is 0 Å². The van der Waals surface area contributed by atoms with E-state index in [0.717, 1.165) is 6.42 Å². The van der Waals surface area contributed by atoms with Crippen LogP contribution in [0.5, 0.6) is 0 Å². The third-order valence-corrected chi connectivity index (χ3v) is 3.21. The summed E-state index contributed by atoms with van der Waals surface area (Å²) in [6.07, 6.45) is 6.01. The summed E-state index contributed by atoms with van der Waals surface area (Å²) < 4.78 is 0.605. The molecule has 0 radical (unpaired) electrons. The summed E-state index contributed by atoms with van der Waals surface area (Å²) in [6.45, 7) is 2.68. The van der Waals surface area contributed by atoms with E-state index in [0.29, 0.717) is 16.7 Å². The summed E-state index contributed by atoms with van der Waals surface area (Å²) in [4.78, 5) is 24.5. The van der Waals surface area contributed by atoms with Crippen LogP contribution in [0.25, 0.3) is 0 Å². The van der Waals surface area contributed by atoms with Crippen LogP contribution in [0.1, 0.15) is 23.7 Å². The van der Waals surface area contributed by atoms with Gasteiger partial charge in [-0.1, -0.05) is 12.8 Å². The van der Waals surface area contributed by atoms with E-state index in [1.165, 1.54) is 17.0 Å². The molecule has 0 atom stereocenters. The molecule has 0 aromatic heterocycles. The Bertz CT molecular complexity index is 552. The zero-order valence-electron chi connectivity index (χ0n) is 11.0. The third-order valence-electron chi connectivity index (χ3n) is 2.52. The van der Waals surface area contributed by atoms with Crippen LogP contribution < -0.4 is 5.32 Å². The largest absolute Gasteiger partial charge is 0.478 e. The first-order valence-electron chi connectivity index (χ1n) is 6.01. The number of rotatable bonds is 5. The van der Waals surface area contributed by atoms with Crippen molar-refractivity contribution >= 4 is 33.6 Å². The fourth-order valence-corrected chi connectivity index (χ4v) is 1.93. The number of halogens is 1. The van der Waals surface area contributed by atoms with Crippen LogP contribution in [-0.4, -0.2) is 35.1 Å². The third kappa shape index (κ3) is 4.28. The molecule has 2 amide bonds. The number of amides is 2. The number of aromatic carboxylic acids is 1. The van der Waals surface area contributed by atoms with E-state index in [9.17, 15) is 9.59 Å². The van der Waals surface area contributed by atoms with Gasteiger partial charge in [0.2, 0.25) is 0 Å². The molecule has 1 aromatic carbocycles. The van der Waals surface area contributed by atoms with Gasteiger partial charge in [-0.05, 0) is 40.5 Å². The number of carbonyl (C=O) groups excluding carboxylic acids is 1. The second-order valence-corrected chi connectivity index (χ2v) is 4.91. The lowest BCUT2D eigenvalue weighted by Crippen LogP contribution is -2.36. The van der Waals surface area contributed by atoms with E-state index in [1.54, 1.807) is 6.07 Å². The standard InChI is InChI=1S/C14H15BrN2O3/c1-3-7-17(8-4-2)14(20)16-12-9-10(13(18)19)5-6-11(12)15/h1,5-6,9H,4,7-8H2,2H3,(H,16,20)(H,18,19). The SMILES string of the molecule is C#CCN(CCC)C(=O)Nc1cc(C(=O)O)ccc1Br. The van der Waals surface area contributed by atoms with Crippen LogP contribution in [0, 0.1) is 12.3 Å². The van der Waals surface area contributed by atoms with Crippen LogP contribution in [0.15, 0.2) is 22.7 Å². The van der Waals surface area contributed by atoms with Crippen molar-refractivity contribution in [2.24, 2.45) is 0 Å². The van der Waals surface area contributed by atoms with Gasteiger partial charge in [0.05, 0.1) is 17.8 Å². The summed E-state index contributed by atoms with van der Waals surface area (Å²) in [5.41, 5.74) is 0.496. The number of terminal acetylenes is 1. The molecule has 0 aliphatic heterocycles. The molecule has 1 rings (SSSR count). The second kappa shape index (κ2) is 7.56. The lowest BCUT2D eigenvalue weighted by molar-refractivity contribution is 0.0697. The molecule has 5 nitrogen and oxygen atoms in total. The Kier molecular flexibility index (Phi) is 6.07. The Hall–Kier alpha value is -2.00. The monoisotopic (exact) mass is 338 g/mol. The molecule has 0 saturated heterocycles. The molecule has 0 bridgehead atoms. The topological polar surface area (TPSA) is 69.6 Å². The number of benzene rings is 1. The Balaban J connectivity index is 2.91. The van der Waals surface area contributed by atoms with Crippen molar-refractivity contribution < 1.29 is 14.7 Å². The van der Waals surface area contributed by atoms with Crippen LogP contribution in [0.4, 0.5) is 10.5 Å². The maximum Gasteiger partial charge on any atom is 0.335 e. The van der Waals surface area contributed by atoms with E-state index in [-0.39, 0.29) is 18.1 Å². The summed E-state index contributed by atoms with van der Waals surface area (Å²) >= 11 is 3.27. The van der Waals surface area contributed by atoms with Crippen LogP contribution >= 0.6 is 15.9 Å². The molecule has 20 heavy (non-hydrogen) atoms. The van der Waals surface area contributed by atoms with Crippen molar-refractivity contribution in [2.75, 3.05) is 18.4 Å². The fourth-order valence-electron chi connectivity index (χ4n) is 1.58. The minimum Gasteiger partial charge on any atom is -0.478 e. The van der Waals surface area contributed by atoms with Gasteiger partial charge in [-0.25, -0.2) is 9.59 Å². The highest BCUT2D eigenvalue weighted by Gasteiger charge is 2.14. The van der Waals surface area contributed by atoms with Gasteiger partial charge in [0.25, 0.3) is 0 Å². The lowest BCUT2D eigenvalue weighted by atomic mass is 10.2. The highest BCUT2D eigenvalue weighted by molar-refractivity contribution is 9.10. The molecule has 0 saturated carbocycles. The Labute approximate surface area is 126 Å². The maximum atomic E-state index is 12.1. The van der Waals surface area contributed by atoms with Gasteiger partial charge < -0.3 is 15.3 Å². The van der Waals surface area contributed by atoms with Gasteiger partial charge in [0.15, 0.2) is 0 Å². The molecule has 0 spiro atoms. The van der Waals surface area contributed by atoms with E-state index in [4.69, 9.17) is 11.5 Å². The van der Waals surface area contributed by atoms with Gasteiger partial charge in [-0.2, -0.15) is 0 Å². The number of nitrogens with one attached hydrogen (secondary N) is 1. The van der Waals surface area contributed by atoms with E-state index < -0.39 is 5.97 Å².